The lowest BCUT2D eigenvalue weighted by Gasteiger charge is -2.06. The molecule has 0 aliphatic carbocycles. The maximum Gasteiger partial charge on any atom is 0.00206 e. The topological polar surface area (TPSA) is 38.0 Å². The van der Waals surface area contributed by atoms with Crippen molar-refractivity contribution in [1.29, 1.82) is 0 Å². The molecule has 0 radical (unpaired) electrons. The molecule has 2 heteroatoms. The lowest BCUT2D eigenvalue weighted by Crippen LogP contribution is -2.07. The van der Waals surface area contributed by atoms with Crippen molar-refractivity contribution in [3.8, 4) is 0 Å². The molecular weight excluding hydrogens is 172 g/mol. The van der Waals surface area contributed by atoms with Crippen LogP contribution in [0.5, 0.6) is 0 Å². The molecule has 14 heavy (non-hydrogen) atoms. The summed E-state index contributed by atoms with van der Waals surface area (Å²) in [7, 11) is 0. The molecule has 2 nitrogen and oxygen atoms in total. The van der Waals surface area contributed by atoms with Crippen LogP contribution in [0.3, 0.4) is 0 Å². The Balaban J connectivity index is 0.000000293. The second-order valence-corrected chi connectivity index (χ2v) is 3.51. The van der Waals surface area contributed by atoms with E-state index < -0.39 is 0 Å². The van der Waals surface area contributed by atoms with Crippen LogP contribution < -0.4 is 11.1 Å². The van der Waals surface area contributed by atoms with Gasteiger partial charge in [-0.25, -0.2) is 0 Å². The molecule has 1 fully saturated rings. The summed E-state index contributed by atoms with van der Waals surface area (Å²) >= 11 is 0. The standard InChI is InChI=1S/C10H13N.C2H7N/c1-2-4-9(5-3-1)10-6-7-11-8-10;1-2-3/h1-5,10-11H,6-8H2;2-3H2,1H3. The van der Waals surface area contributed by atoms with E-state index in [-0.39, 0.29) is 0 Å². The van der Waals surface area contributed by atoms with Gasteiger partial charge in [0, 0.05) is 6.54 Å². The van der Waals surface area contributed by atoms with Crippen LogP contribution in [0.15, 0.2) is 30.3 Å². The predicted octanol–water partition coefficient (Wildman–Crippen LogP) is 1.73. The Morgan fingerprint density at radius 1 is 1.36 bits per heavy atom. The highest BCUT2D eigenvalue weighted by molar-refractivity contribution is 5.20. The normalized spacial score (nSPS) is 20.0. The van der Waals surface area contributed by atoms with E-state index in [1.54, 1.807) is 0 Å². The molecule has 1 aliphatic heterocycles. The van der Waals surface area contributed by atoms with Crippen LogP contribution in [-0.4, -0.2) is 19.6 Å². The SMILES string of the molecule is CCN.c1ccc(C2CCNC2)cc1. The third-order valence-corrected chi connectivity index (χ3v) is 2.33. The molecule has 1 saturated heterocycles. The Hall–Kier alpha value is -0.860. The molecular formula is C12H20N2. The van der Waals surface area contributed by atoms with Gasteiger partial charge in [-0.1, -0.05) is 37.3 Å². The maximum absolute atomic E-state index is 4.85. The van der Waals surface area contributed by atoms with Crippen molar-refractivity contribution in [2.75, 3.05) is 19.6 Å². The van der Waals surface area contributed by atoms with Gasteiger partial charge in [-0.05, 0) is 31.0 Å². The number of benzene rings is 1. The van der Waals surface area contributed by atoms with Gasteiger partial charge in [0.2, 0.25) is 0 Å². The van der Waals surface area contributed by atoms with Gasteiger partial charge in [0.25, 0.3) is 0 Å². The molecule has 1 heterocycles. The maximum atomic E-state index is 4.85. The van der Waals surface area contributed by atoms with Crippen molar-refractivity contribution < 1.29 is 0 Å². The highest BCUT2D eigenvalue weighted by atomic mass is 14.9. The van der Waals surface area contributed by atoms with Crippen molar-refractivity contribution in [3.63, 3.8) is 0 Å². The number of rotatable bonds is 1. The Kier molecular flexibility index (Phi) is 5.27. The van der Waals surface area contributed by atoms with Crippen LogP contribution in [0.1, 0.15) is 24.8 Å². The van der Waals surface area contributed by atoms with E-state index in [9.17, 15) is 0 Å². The molecule has 78 valence electrons. The monoisotopic (exact) mass is 192 g/mol. The first-order valence-corrected chi connectivity index (χ1v) is 5.34. The minimum absolute atomic E-state index is 0.750. The van der Waals surface area contributed by atoms with Gasteiger partial charge in [-0.2, -0.15) is 0 Å². The van der Waals surface area contributed by atoms with Crippen LogP contribution in [-0.2, 0) is 0 Å². The van der Waals surface area contributed by atoms with Crippen molar-refractivity contribution in [2.45, 2.75) is 19.3 Å². The van der Waals surface area contributed by atoms with Crippen molar-refractivity contribution in [3.05, 3.63) is 35.9 Å². The number of nitrogens with two attached hydrogens (primary N) is 1. The smallest absolute Gasteiger partial charge is 0.00206 e. The molecule has 0 saturated carbocycles. The molecule has 1 unspecified atom stereocenters. The van der Waals surface area contributed by atoms with E-state index in [1.807, 2.05) is 6.92 Å². The van der Waals surface area contributed by atoms with Gasteiger partial charge >= 0.3 is 0 Å². The summed E-state index contributed by atoms with van der Waals surface area (Å²) in [4.78, 5) is 0. The zero-order chi connectivity index (χ0) is 10.2. The van der Waals surface area contributed by atoms with Gasteiger partial charge in [-0.3, -0.25) is 0 Å². The van der Waals surface area contributed by atoms with Crippen molar-refractivity contribution >= 4 is 0 Å². The highest BCUT2D eigenvalue weighted by Crippen LogP contribution is 2.21. The van der Waals surface area contributed by atoms with E-state index in [1.165, 1.54) is 18.5 Å². The average Bonchev–Trinajstić information content (AvgIpc) is 2.73. The summed E-state index contributed by atoms with van der Waals surface area (Å²) in [5.41, 5.74) is 6.33. The second-order valence-electron chi connectivity index (χ2n) is 3.51. The average molecular weight is 192 g/mol. The fourth-order valence-corrected chi connectivity index (χ4v) is 1.66. The first kappa shape index (κ1) is 11.2. The lowest BCUT2D eigenvalue weighted by atomic mass is 9.99. The van der Waals surface area contributed by atoms with Gasteiger partial charge < -0.3 is 11.1 Å². The van der Waals surface area contributed by atoms with E-state index in [4.69, 9.17) is 5.73 Å². The summed E-state index contributed by atoms with van der Waals surface area (Å²) < 4.78 is 0. The number of hydrogen-bond donors (Lipinski definition) is 2. The van der Waals surface area contributed by atoms with E-state index in [0.29, 0.717) is 0 Å². The second kappa shape index (κ2) is 6.57. The molecule has 3 N–H and O–H groups in total. The van der Waals surface area contributed by atoms with E-state index in [0.717, 1.165) is 19.0 Å². The highest BCUT2D eigenvalue weighted by Gasteiger charge is 2.15. The molecule has 1 aliphatic rings. The van der Waals surface area contributed by atoms with E-state index in [2.05, 4.69) is 35.6 Å². The first-order valence-electron chi connectivity index (χ1n) is 5.34. The predicted molar refractivity (Wildman–Crippen MR) is 61.4 cm³/mol. The molecule has 0 bridgehead atoms. The van der Waals surface area contributed by atoms with Crippen LogP contribution in [0.25, 0.3) is 0 Å². The summed E-state index contributed by atoms with van der Waals surface area (Å²) in [6.45, 7) is 4.99. The first-order chi connectivity index (χ1) is 6.88. The van der Waals surface area contributed by atoms with Crippen LogP contribution in [0.2, 0.25) is 0 Å². The molecule has 1 aromatic carbocycles. The van der Waals surface area contributed by atoms with Gasteiger partial charge in [-0.15, -0.1) is 0 Å². The molecule has 1 aromatic rings. The minimum Gasteiger partial charge on any atom is -0.331 e. The summed E-state index contributed by atoms with van der Waals surface area (Å²) in [5.74, 6) is 0.760. The van der Waals surface area contributed by atoms with Crippen LogP contribution in [0, 0.1) is 0 Å². The number of nitrogens with one attached hydrogen (secondary N) is 1. The fourth-order valence-electron chi connectivity index (χ4n) is 1.66. The van der Waals surface area contributed by atoms with Gasteiger partial charge in [0.05, 0.1) is 0 Å². The summed E-state index contributed by atoms with van der Waals surface area (Å²) in [6, 6.07) is 10.8. The van der Waals surface area contributed by atoms with Crippen LogP contribution in [0.4, 0.5) is 0 Å². The molecule has 0 aromatic heterocycles. The Bertz CT molecular complexity index is 227. The number of hydrogen-bond acceptors (Lipinski definition) is 2. The lowest BCUT2D eigenvalue weighted by molar-refractivity contribution is 0.763. The minimum atomic E-state index is 0.750. The van der Waals surface area contributed by atoms with Crippen molar-refractivity contribution in [1.82, 2.24) is 5.32 Å². The van der Waals surface area contributed by atoms with Gasteiger partial charge in [0.15, 0.2) is 0 Å². The fraction of sp³-hybridized carbons (Fsp3) is 0.500. The summed E-state index contributed by atoms with van der Waals surface area (Å²) in [6.07, 6.45) is 1.30. The Morgan fingerprint density at radius 2 is 2.00 bits per heavy atom. The Labute approximate surface area is 86.5 Å². The third kappa shape index (κ3) is 3.48. The molecule has 2 rings (SSSR count). The Morgan fingerprint density at radius 3 is 2.50 bits per heavy atom. The van der Waals surface area contributed by atoms with Gasteiger partial charge in [0.1, 0.15) is 0 Å². The molecule has 0 amide bonds. The zero-order valence-corrected chi connectivity index (χ0v) is 8.87. The van der Waals surface area contributed by atoms with Crippen molar-refractivity contribution in [2.24, 2.45) is 5.73 Å². The zero-order valence-electron chi connectivity index (χ0n) is 8.87. The van der Waals surface area contributed by atoms with E-state index >= 15 is 0 Å². The quantitative estimate of drug-likeness (QED) is 0.711. The molecule has 1 atom stereocenters. The largest absolute Gasteiger partial charge is 0.331 e. The molecule has 0 spiro atoms. The third-order valence-electron chi connectivity index (χ3n) is 2.33. The van der Waals surface area contributed by atoms with Crippen LogP contribution >= 0.6 is 0 Å². The summed E-state index contributed by atoms with van der Waals surface area (Å²) in [5, 5.41) is 3.37.